The van der Waals surface area contributed by atoms with Crippen molar-refractivity contribution >= 4 is 5.91 Å². The van der Waals surface area contributed by atoms with Gasteiger partial charge in [0.05, 0.1) is 19.3 Å². The zero-order valence-electron chi connectivity index (χ0n) is 7.43. The third-order valence-corrected chi connectivity index (χ3v) is 1.97. The van der Waals surface area contributed by atoms with E-state index in [9.17, 15) is 9.90 Å². The molecule has 1 aromatic heterocycles. The first-order valence-electron chi connectivity index (χ1n) is 4.30. The quantitative estimate of drug-likeness (QED) is 0.690. The van der Waals surface area contributed by atoms with Crippen LogP contribution in [0.3, 0.4) is 0 Å². The third kappa shape index (κ3) is 1.67. The van der Waals surface area contributed by atoms with E-state index in [2.05, 4.69) is 10.3 Å². The van der Waals surface area contributed by atoms with Gasteiger partial charge in [-0.05, 0) is 12.1 Å². The van der Waals surface area contributed by atoms with Gasteiger partial charge in [-0.2, -0.15) is 0 Å². The van der Waals surface area contributed by atoms with Gasteiger partial charge >= 0.3 is 0 Å². The van der Waals surface area contributed by atoms with Crippen LogP contribution in [-0.4, -0.2) is 35.3 Å². The van der Waals surface area contributed by atoms with E-state index in [0.29, 0.717) is 13.2 Å². The summed E-state index contributed by atoms with van der Waals surface area (Å²) in [6.07, 6.45) is 1.46. The van der Waals surface area contributed by atoms with Gasteiger partial charge in [0.25, 0.3) is 5.91 Å². The normalized spacial score (nSPS) is 16.0. The fourth-order valence-corrected chi connectivity index (χ4v) is 1.14. The molecule has 2 heterocycles. The second-order valence-corrected chi connectivity index (χ2v) is 3.08. The van der Waals surface area contributed by atoms with Gasteiger partial charge in [-0.25, -0.2) is 4.98 Å². The van der Waals surface area contributed by atoms with Crippen LogP contribution in [0.15, 0.2) is 18.3 Å². The van der Waals surface area contributed by atoms with E-state index >= 15 is 0 Å². The summed E-state index contributed by atoms with van der Waals surface area (Å²) >= 11 is 0. The molecule has 74 valence electrons. The van der Waals surface area contributed by atoms with Gasteiger partial charge in [-0.1, -0.05) is 0 Å². The summed E-state index contributed by atoms with van der Waals surface area (Å²) in [6.45, 7) is 1.05. The number of aromatic hydroxyl groups is 1. The Labute approximate surface area is 80.7 Å². The second kappa shape index (κ2) is 3.63. The van der Waals surface area contributed by atoms with E-state index in [1.54, 1.807) is 6.07 Å². The average molecular weight is 194 g/mol. The molecule has 0 saturated carbocycles. The number of rotatable bonds is 2. The number of nitrogens with one attached hydrogen (secondary N) is 1. The Balaban J connectivity index is 2.06. The molecule has 1 aromatic rings. The number of hydrogen-bond acceptors (Lipinski definition) is 4. The van der Waals surface area contributed by atoms with Crippen LogP contribution in [0, 0.1) is 0 Å². The van der Waals surface area contributed by atoms with Crippen LogP contribution in [0.5, 0.6) is 5.75 Å². The predicted molar refractivity (Wildman–Crippen MR) is 48.0 cm³/mol. The van der Waals surface area contributed by atoms with Gasteiger partial charge in [0.1, 0.15) is 5.75 Å². The van der Waals surface area contributed by atoms with Crippen molar-refractivity contribution < 1.29 is 14.6 Å². The van der Waals surface area contributed by atoms with Gasteiger partial charge in [0.2, 0.25) is 0 Å². The molecule has 0 bridgehead atoms. The summed E-state index contributed by atoms with van der Waals surface area (Å²) in [5, 5.41) is 12.0. The maximum absolute atomic E-state index is 11.5. The minimum atomic E-state index is -0.364. The van der Waals surface area contributed by atoms with Crippen LogP contribution in [0.25, 0.3) is 0 Å². The molecule has 1 aliphatic heterocycles. The minimum absolute atomic E-state index is 0.0453. The van der Waals surface area contributed by atoms with Gasteiger partial charge in [-0.3, -0.25) is 4.79 Å². The smallest absolute Gasteiger partial charge is 0.274 e. The van der Waals surface area contributed by atoms with Crippen molar-refractivity contribution in [3.8, 4) is 5.75 Å². The molecular formula is C9H10N2O3. The van der Waals surface area contributed by atoms with Crippen molar-refractivity contribution in [2.75, 3.05) is 13.2 Å². The molecule has 5 nitrogen and oxygen atoms in total. The number of carbonyl (C=O) groups is 1. The van der Waals surface area contributed by atoms with Gasteiger partial charge in [0, 0.05) is 6.20 Å². The Morgan fingerprint density at radius 1 is 1.64 bits per heavy atom. The summed E-state index contributed by atoms with van der Waals surface area (Å²) in [7, 11) is 0. The molecule has 1 amide bonds. The number of ether oxygens (including phenoxy) is 1. The first-order chi connectivity index (χ1) is 6.77. The molecule has 0 aliphatic carbocycles. The highest BCUT2D eigenvalue weighted by molar-refractivity contribution is 5.94. The molecule has 1 aliphatic rings. The fraction of sp³-hybridized carbons (Fsp3) is 0.333. The van der Waals surface area contributed by atoms with Crippen LogP contribution < -0.4 is 5.32 Å². The average Bonchev–Trinajstić information content (AvgIpc) is 2.12. The lowest BCUT2D eigenvalue weighted by molar-refractivity contribution is -0.00359. The summed E-state index contributed by atoms with van der Waals surface area (Å²) in [4.78, 5) is 15.3. The number of aromatic nitrogens is 1. The summed E-state index contributed by atoms with van der Waals surface area (Å²) in [6, 6.07) is 3.04. The highest BCUT2D eigenvalue weighted by atomic mass is 16.5. The zero-order chi connectivity index (χ0) is 9.97. The second-order valence-electron chi connectivity index (χ2n) is 3.08. The third-order valence-electron chi connectivity index (χ3n) is 1.97. The molecule has 14 heavy (non-hydrogen) atoms. The molecule has 5 heteroatoms. The number of hydrogen-bond donors (Lipinski definition) is 2. The largest absolute Gasteiger partial charge is 0.505 e. The maximum Gasteiger partial charge on any atom is 0.274 e. The minimum Gasteiger partial charge on any atom is -0.505 e. The van der Waals surface area contributed by atoms with Crippen LogP contribution in [0.4, 0.5) is 0 Å². The van der Waals surface area contributed by atoms with E-state index in [1.165, 1.54) is 12.3 Å². The number of nitrogens with zero attached hydrogens (tertiary/aromatic N) is 1. The molecule has 1 fully saturated rings. The first-order valence-corrected chi connectivity index (χ1v) is 4.30. The lowest BCUT2D eigenvalue weighted by Gasteiger charge is -2.26. The molecule has 0 unspecified atom stereocenters. The first kappa shape index (κ1) is 8.96. The topological polar surface area (TPSA) is 71.5 Å². The Bertz CT molecular complexity index is 350. The Kier molecular flexibility index (Phi) is 2.32. The van der Waals surface area contributed by atoms with Crippen molar-refractivity contribution in [3.63, 3.8) is 0 Å². The summed E-state index contributed by atoms with van der Waals surface area (Å²) in [5.74, 6) is -0.471. The van der Waals surface area contributed by atoms with Gasteiger partial charge < -0.3 is 15.2 Å². The van der Waals surface area contributed by atoms with E-state index in [1.807, 2.05) is 0 Å². The SMILES string of the molecule is O=C(NC1COC1)c1ncccc1O. The molecule has 1 saturated heterocycles. The van der Waals surface area contributed by atoms with Crippen LogP contribution in [0.1, 0.15) is 10.5 Å². The van der Waals surface area contributed by atoms with Crippen molar-refractivity contribution in [1.29, 1.82) is 0 Å². The van der Waals surface area contributed by atoms with Gasteiger partial charge in [-0.15, -0.1) is 0 Å². The van der Waals surface area contributed by atoms with Crippen molar-refractivity contribution in [2.45, 2.75) is 6.04 Å². The maximum atomic E-state index is 11.5. The molecular weight excluding hydrogens is 184 g/mol. The monoisotopic (exact) mass is 194 g/mol. The van der Waals surface area contributed by atoms with Crippen LogP contribution in [0.2, 0.25) is 0 Å². The number of amides is 1. The number of carbonyl (C=O) groups excluding carboxylic acids is 1. The van der Waals surface area contributed by atoms with Crippen LogP contribution in [-0.2, 0) is 4.74 Å². The Morgan fingerprint density at radius 2 is 2.43 bits per heavy atom. The lowest BCUT2D eigenvalue weighted by atomic mass is 10.2. The highest BCUT2D eigenvalue weighted by Crippen LogP contribution is 2.12. The Morgan fingerprint density at radius 3 is 3.00 bits per heavy atom. The van der Waals surface area contributed by atoms with E-state index in [4.69, 9.17) is 4.74 Å². The van der Waals surface area contributed by atoms with E-state index in [-0.39, 0.29) is 23.4 Å². The van der Waals surface area contributed by atoms with Crippen molar-refractivity contribution in [3.05, 3.63) is 24.0 Å². The standard InChI is InChI=1S/C9H10N2O3/c12-7-2-1-3-10-8(7)9(13)11-6-4-14-5-6/h1-3,6,12H,4-5H2,(H,11,13). The van der Waals surface area contributed by atoms with Gasteiger partial charge in [0.15, 0.2) is 5.69 Å². The molecule has 0 atom stereocenters. The highest BCUT2D eigenvalue weighted by Gasteiger charge is 2.22. The number of pyridine rings is 1. The van der Waals surface area contributed by atoms with E-state index < -0.39 is 0 Å². The molecule has 0 radical (unpaired) electrons. The molecule has 2 N–H and O–H groups in total. The molecule has 0 spiro atoms. The van der Waals surface area contributed by atoms with Crippen molar-refractivity contribution in [2.24, 2.45) is 0 Å². The summed E-state index contributed by atoms with van der Waals surface area (Å²) < 4.78 is 4.90. The molecule has 0 aromatic carbocycles. The van der Waals surface area contributed by atoms with E-state index in [0.717, 1.165) is 0 Å². The zero-order valence-corrected chi connectivity index (χ0v) is 7.43. The fourth-order valence-electron chi connectivity index (χ4n) is 1.14. The lowest BCUT2D eigenvalue weighted by Crippen LogP contribution is -2.48. The Hall–Kier alpha value is -1.62. The predicted octanol–water partition coefficient (Wildman–Crippen LogP) is -0.0842. The summed E-state index contributed by atoms with van der Waals surface area (Å²) in [5.41, 5.74) is 0.0550. The molecule has 2 rings (SSSR count). The van der Waals surface area contributed by atoms with Crippen LogP contribution >= 0.6 is 0 Å². The van der Waals surface area contributed by atoms with Crippen molar-refractivity contribution in [1.82, 2.24) is 10.3 Å².